The van der Waals surface area contributed by atoms with Gasteiger partial charge in [0.25, 0.3) is 5.91 Å². The highest BCUT2D eigenvalue weighted by Crippen LogP contribution is 2.19. The molecule has 1 aromatic carbocycles. The lowest BCUT2D eigenvalue weighted by molar-refractivity contribution is -0.0498. The van der Waals surface area contributed by atoms with Crippen LogP contribution in [0.3, 0.4) is 0 Å². The number of hydrogen-bond acceptors (Lipinski definition) is 3. The number of anilines is 1. The van der Waals surface area contributed by atoms with E-state index in [1.807, 2.05) is 0 Å². The Hall–Kier alpha value is -1.92. The van der Waals surface area contributed by atoms with Crippen molar-refractivity contribution in [2.24, 2.45) is 0 Å². The number of rotatable bonds is 4. The molecule has 1 heterocycles. The van der Waals surface area contributed by atoms with E-state index in [0.29, 0.717) is 5.69 Å². The Bertz CT molecular complexity index is 631. The summed E-state index contributed by atoms with van der Waals surface area (Å²) in [6, 6.07) is 8.21. The summed E-state index contributed by atoms with van der Waals surface area (Å²) >= 11 is 11.4. The lowest BCUT2D eigenvalue weighted by Gasteiger charge is -2.08. The molecule has 1 amide bonds. The number of pyridine rings is 1. The first-order valence-electron chi connectivity index (χ1n) is 5.63. The lowest BCUT2D eigenvalue weighted by Crippen LogP contribution is -2.12. The molecule has 0 saturated carbocycles. The van der Waals surface area contributed by atoms with E-state index >= 15 is 0 Å². The Kier molecular flexibility index (Phi) is 4.93. The second kappa shape index (κ2) is 6.69. The van der Waals surface area contributed by atoms with Gasteiger partial charge in [0.15, 0.2) is 0 Å². The van der Waals surface area contributed by atoms with Crippen molar-refractivity contribution in [3.8, 4) is 5.75 Å². The Morgan fingerprint density at radius 2 is 1.71 bits per heavy atom. The van der Waals surface area contributed by atoms with E-state index in [0.717, 1.165) is 0 Å². The summed E-state index contributed by atoms with van der Waals surface area (Å²) in [5, 5.41) is 2.75. The van der Waals surface area contributed by atoms with Crippen LogP contribution in [0.2, 0.25) is 10.3 Å². The molecule has 0 spiro atoms. The number of hydrogen-bond donors (Lipinski definition) is 1. The minimum Gasteiger partial charge on any atom is -0.435 e. The summed E-state index contributed by atoms with van der Waals surface area (Å²) in [4.78, 5) is 15.7. The third-order valence-corrected chi connectivity index (χ3v) is 2.75. The van der Waals surface area contributed by atoms with Gasteiger partial charge in [-0.3, -0.25) is 4.79 Å². The van der Waals surface area contributed by atoms with Crippen molar-refractivity contribution in [1.29, 1.82) is 0 Å². The van der Waals surface area contributed by atoms with Crippen molar-refractivity contribution in [3.63, 3.8) is 0 Å². The van der Waals surface area contributed by atoms with E-state index in [4.69, 9.17) is 23.2 Å². The van der Waals surface area contributed by atoms with E-state index in [-0.39, 0.29) is 21.6 Å². The third-order valence-electron chi connectivity index (χ3n) is 2.36. The first-order chi connectivity index (χ1) is 9.94. The third kappa shape index (κ3) is 4.54. The predicted octanol–water partition coefficient (Wildman–Crippen LogP) is 4.24. The average molecular weight is 333 g/mol. The van der Waals surface area contributed by atoms with E-state index in [1.165, 1.54) is 36.4 Å². The maximum absolute atomic E-state index is 12.0. The molecule has 0 aliphatic rings. The first kappa shape index (κ1) is 15.5. The minimum absolute atomic E-state index is 0.00185. The maximum atomic E-state index is 12.0. The molecule has 0 bridgehead atoms. The zero-order valence-electron chi connectivity index (χ0n) is 10.3. The fourth-order valence-corrected chi connectivity index (χ4v) is 1.98. The molecule has 0 unspecified atom stereocenters. The molecule has 2 aromatic rings. The zero-order chi connectivity index (χ0) is 15.4. The minimum atomic E-state index is -2.90. The molecule has 0 fully saturated rings. The summed E-state index contributed by atoms with van der Waals surface area (Å²) < 4.78 is 28.2. The molecule has 2 rings (SSSR count). The summed E-state index contributed by atoms with van der Waals surface area (Å²) in [5.74, 6) is -0.457. The number of alkyl halides is 2. The Morgan fingerprint density at radius 1 is 1.14 bits per heavy atom. The van der Waals surface area contributed by atoms with Gasteiger partial charge in [0, 0.05) is 11.3 Å². The quantitative estimate of drug-likeness (QED) is 0.852. The van der Waals surface area contributed by atoms with E-state index in [2.05, 4.69) is 15.0 Å². The molecule has 8 heteroatoms. The molecule has 0 saturated heterocycles. The largest absolute Gasteiger partial charge is 0.435 e. The molecule has 0 aliphatic heterocycles. The summed E-state index contributed by atoms with van der Waals surface area (Å²) in [6.45, 7) is -2.90. The zero-order valence-corrected chi connectivity index (χ0v) is 11.8. The molecule has 1 N–H and O–H groups in total. The molecule has 1 aromatic heterocycles. The highest BCUT2D eigenvalue weighted by molar-refractivity contribution is 6.33. The first-order valence-corrected chi connectivity index (χ1v) is 6.39. The molecular formula is C13H8Cl2F2N2O2. The average Bonchev–Trinajstić information content (AvgIpc) is 2.39. The highest BCUT2D eigenvalue weighted by atomic mass is 35.5. The van der Waals surface area contributed by atoms with Crippen molar-refractivity contribution in [2.45, 2.75) is 6.61 Å². The van der Waals surface area contributed by atoms with Gasteiger partial charge in [0.05, 0.1) is 0 Å². The normalized spacial score (nSPS) is 10.5. The van der Waals surface area contributed by atoms with Gasteiger partial charge < -0.3 is 10.1 Å². The number of carbonyl (C=O) groups is 1. The number of carbonyl (C=O) groups excluding carboxylic acids is 1. The fourth-order valence-electron chi connectivity index (χ4n) is 1.52. The number of nitrogens with one attached hydrogen (secondary N) is 1. The number of benzene rings is 1. The van der Waals surface area contributed by atoms with Crippen molar-refractivity contribution >= 4 is 34.8 Å². The Labute approximate surface area is 128 Å². The number of aromatic nitrogens is 1. The van der Waals surface area contributed by atoms with Crippen LogP contribution in [-0.4, -0.2) is 17.5 Å². The monoisotopic (exact) mass is 332 g/mol. The molecule has 4 nitrogen and oxygen atoms in total. The van der Waals surface area contributed by atoms with Crippen molar-refractivity contribution in [2.75, 3.05) is 5.32 Å². The second-order valence-corrected chi connectivity index (χ2v) is 4.63. The number of ether oxygens (including phenoxy) is 1. The van der Waals surface area contributed by atoms with Crippen LogP contribution >= 0.6 is 23.2 Å². The molecule has 21 heavy (non-hydrogen) atoms. The standard InChI is InChI=1S/C13H8Cl2F2N2O2/c14-10-5-7(6-11(15)19-10)12(20)18-8-1-3-9(4-2-8)21-13(16)17/h1-6,13H,(H,18,20). The number of amides is 1. The fraction of sp³-hybridized carbons (Fsp3) is 0.0769. The van der Waals surface area contributed by atoms with E-state index < -0.39 is 12.5 Å². The smallest absolute Gasteiger partial charge is 0.387 e. The van der Waals surface area contributed by atoms with Crippen LogP contribution in [0.4, 0.5) is 14.5 Å². The van der Waals surface area contributed by atoms with Gasteiger partial charge in [-0.15, -0.1) is 0 Å². The SMILES string of the molecule is O=C(Nc1ccc(OC(F)F)cc1)c1cc(Cl)nc(Cl)c1. The summed E-state index contributed by atoms with van der Waals surface area (Å²) in [5.41, 5.74) is 0.638. The van der Waals surface area contributed by atoms with Gasteiger partial charge >= 0.3 is 6.61 Å². The van der Waals surface area contributed by atoms with Gasteiger partial charge in [-0.25, -0.2) is 4.98 Å². The van der Waals surface area contributed by atoms with Crippen molar-refractivity contribution in [1.82, 2.24) is 4.98 Å². The van der Waals surface area contributed by atoms with Gasteiger partial charge in [0.1, 0.15) is 16.1 Å². The van der Waals surface area contributed by atoms with Crippen LogP contribution in [0.15, 0.2) is 36.4 Å². The Morgan fingerprint density at radius 3 is 2.24 bits per heavy atom. The van der Waals surface area contributed by atoms with Gasteiger partial charge in [-0.1, -0.05) is 23.2 Å². The highest BCUT2D eigenvalue weighted by Gasteiger charge is 2.10. The van der Waals surface area contributed by atoms with Crippen LogP contribution in [0.5, 0.6) is 5.75 Å². The second-order valence-electron chi connectivity index (χ2n) is 3.86. The van der Waals surface area contributed by atoms with Crippen LogP contribution in [0.1, 0.15) is 10.4 Å². The number of halogens is 4. The molecule has 0 atom stereocenters. The molecule has 110 valence electrons. The molecule has 0 radical (unpaired) electrons. The molecule has 0 aliphatic carbocycles. The predicted molar refractivity (Wildman–Crippen MR) is 75.3 cm³/mol. The van der Waals surface area contributed by atoms with Crippen LogP contribution in [0, 0.1) is 0 Å². The lowest BCUT2D eigenvalue weighted by atomic mass is 10.2. The summed E-state index contributed by atoms with van der Waals surface area (Å²) in [7, 11) is 0. The maximum Gasteiger partial charge on any atom is 0.387 e. The topological polar surface area (TPSA) is 51.2 Å². The van der Waals surface area contributed by atoms with Crippen molar-refractivity contribution in [3.05, 3.63) is 52.3 Å². The van der Waals surface area contributed by atoms with E-state index in [9.17, 15) is 13.6 Å². The summed E-state index contributed by atoms with van der Waals surface area (Å²) in [6.07, 6.45) is 0. The Balaban J connectivity index is 2.08. The number of nitrogens with zero attached hydrogens (tertiary/aromatic N) is 1. The molecular weight excluding hydrogens is 325 g/mol. The van der Waals surface area contributed by atoms with Crippen LogP contribution in [-0.2, 0) is 0 Å². The van der Waals surface area contributed by atoms with Crippen molar-refractivity contribution < 1.29 is 18.3 Å². The van der Waals surface area contributed by atoms with Crippen LogP contribution in [0.25, 0.3) is 0 Å². The van der Waals surface area contributed by atoms with Crippen LogP contribution < -0.4 is 10.1 Å². The van der Waals surface area contributed by atoms with Gasteiger partial charge in [0.2, 0.25) is 0 Å². The van der Waals surface area contributed by atoms with E-state index in [1.54, 1.807) is 0 Å². The van der Waals surface area contributed by atoms with Gasteiger partial charge in [-0.2, -0.15) is 8.78 Å². The van der Waals surface area contributed by atoms with Gasteiger partial charge in [-0.05, 0) is 36.4 Å².